The summed E-state index contributed by atoms with van der Waals surface area (Å²) in [6.45, 7) is 22.5. The average molecular weight is 1730 g/mol. The molecule has 624 valence electrons. The molecule has 0 bridgehead atoms. The zero-order valence-electron chi connectivity index (χ0n) is 64.7. The van der Waals surface area contributed by atoms with Gasteiger partial charge in [0.1, 0.15) is 74.4 Å². The third kappa shape index (κ3) is 26.2. The standard InChI is InChI=1S/C29H34N8O8S.C14H18ClN3O5.C11H13F3N2O4S.C10H17NO5.C4H2Cl2N2.Na.H/c1-5-17-15-29(17,25(39)34-46(41,42)19-10-11-19)32-24(38)22-14-18(16-36(22)27(40)44-28(2,3)4)43-23-12-13-30-26(31-23)45-37-21-9-7-6-8-20(21)33-35-37;1-14(2,3)23-13(21)18-7-8(6-9(18)11(19)20)22-10-4-5-16-12(15)17-10;1-2-6-5-10(6,15-9(18)11(12,13)14)8(17)16-21(19,20)7-3-4-7;1-10(2,3)16-9(15)11-5-6(12)4-7(11)8(13)14;5-3-1-2-7-4(6)8-3;;/h5-9,12-13,17-19,22H,1,10-11,14-16H2,2-4H3,(H,32,38)(H,34,39);4-5,8-9H,6-7H2,1-3H3,(H,19,20);2,6-7H,1,3-5H2,(H,15,18)(H,16,17);6-7,12H,4-5H2,1-3H3,(H,13,14);1-2H;;/q;;;;;+1;-1/t17?,18-,22+,29?;8-,9+;;6-,7+;;;/m11.1.../s1. The minimum Gasteiger partial charge on any atom is -1.00 e. The van der Waals surface area contributed by atoms with Crippen molar-refractivity contribution in [1.82, 2.24) is 79.8 Å². The van der Waals surface area contributed by atoms with Crippen molar-refractivity contribution in [3.63, 3.8) is 0 Å². The molecule has 4 aliphatic carbocycles. The third-order valence-electron chi connectivity index (χ3n) is 17.2. The molecular weight excluding hydrogens is 1640 g/mol. The Morgan fingerprint density at radius 3 is 1.44 bits per heavy atom. The summed E-state index contributed by atoms with van der Waals surface area (Å²) in [5, 5.41) is 39.1. The zero-order valence-corrected chi connectivity index (χ0v) is 69.6. The van der Waals surface area contributed by atoms with Crippen molar-refractivity contribution in [1.29, 1.82) is 0 Å². The van der Waals surface area contributed by atoms with E-state index in [0.29, 0.717) is 41.9 Å². The number of nitrogens with one attached hydrogen (secondary N) is 4. The normalized spacial score (nSPS) is 23.4. The van der Waals surface area contributed by atoms with Gasteiger partial charge in [0.2, 0.25) is 48.3 Å². The number of hydrogen-bond acceptors (Lipinski definition) is 28. The molecule has 3 aliphatic heterocycles. The first-order valence-electron chi connectivity index (χ1n) is 34.9. The number of sulfonamides is 2. The van der Waals surface area contributed by atoms with Crippen LogP contribution in [0.4, 0.5) is 27.6 Å². The molecule has 10 atom stereocenters. The zero-order chi connectivity index (χ0) is 84.6. The van der Waals surface area contributed by atoms with Gasteiger partial charge in [0, 0.05) is 61.8 Å². The summed E-state index contributed by atoms with van der Waals surface area (Å²) in [7, 11) is -7.75. The molecule has 5 aromatic rings. The molecular formula is C68H85Cl3F3N16NaO22S2. The molecule has 7 heterocycles. The van der Waals surface area contributed by atoms with Gasteiger partial charge >= 0.3 is 77.9 Å². The fraction of sp³-hybridized carbons (Fsp3) is 0.544. The number of nitrogens with zero attached hydrogens (tertiary/aromatic N) is 12. The molecule has 4 unspecified atom stereocenters. The Labute approximate surface area is 695 Å². The van der Waals surface area contributed by atoms with Crippen LogP contribution < -0.4 is 63.9 Å². The second kappa shape index (κ2) is 37.4. The molecule has 4 saturated carbocycles. The van der Waals surface area contributed by atoms with Crippen LogP contribution in [0.25, 0.3) is 11.0 Å². The number of carboxylic acid groups (broad SMARTS) is 2. The number of alkyl halides is 3. The van der Waals surface area contributed by atoms with Gasteiger partial charge < -0.3 is 55.9 Å². The van der Waals surface area contributed by atoms with E-state index in [9.17, 15) is 83.4 Å². The summed E-state index contributed by atoms with van der Waals surface area (Å²) in [5.41, 5.74) is -4.43. The number of ether oxygens (including phenoxy) is 5. The monoisotopic (exact) mass is 1730 g/mol. The van der Waals surface area contributed by atoms with E-state index in [0.717, 1.165) is 9.80 Å². The number of amides is 7. The van der Waals surface area contributed by atoms with Gasteiger partial charge in [-0.15, -0.1) is 18.3 Å². The first kappa shape index (κ1) is 93.1. The smallest absolute Gasteiger partial charge is 1.00 e. The van der Waals surface area contributed by atoms with Gasteiger partial charge in [-0.1, -0.05) is 40.7 Å². The first-order valence-corrected chi connectivity index (χ1v) is 39.2. The predicted octanol–water partition coefficient (Wildman–Crippen LogP) is 3.02. The summed E-state index contributed by atoms with van der Waals surface area (Å²) in [4.78, 5) is 143. The number of aliphatic hydroxyl groups is 1. The number of fused-ring (bicyclic) bond motifs is 1. The summed E-state index contributed by atoms with van der Waals surface area (Å²) in [6, 6.07) is 8.55. The number of aromatic nitrogens is 9. The number of aliphatic hydroxyl groups excluding tert-OH is 1. The first-order chi connectivity index (χ1) is 52.9. The summed E-state index contributed by atoms with van der Waals surface area (Å²) >= 11 is 16.4. The second-order valence-electron chi connectivity index (χ2n) is 29.8. The van der Waals surface area contributed by atoms with Crippen LogP contribution in [0.5, 0.6) is 17.8 Å². The van der Waals surface area contributed by atoms with E-state index in [-0.39, 0.29) is 111 Å². The Morgan fingerprint density at radius 2 is 1.02 bits per heavy atom. The van der Waals surface area contributed by atoms with Crippen LogP contribution in [-0.4, -0.2) is 246 Å². The Morgan fingerprint density at radius 1 is 0.591 bits per heavy atom. The number of carbonyl (C=O) groups excluding carboxylic acids is 7. The number of para-hydroxylation sites is 1. The average Bonchev–Trinajstić information content (AvgIpc) is 1.58. The number of β-amino-alcohol motifs (C(OH)–C–C–N with tert-alkyl or cyclic N) is 1. The van der Waals surface area contributed by atoms with E-state index < -0.39 is 167 Å². The molecule has 7 fully saturated rings. The summed E-state index contributed by atoms with van der Waals surface area (Å²) in [5.74, 6) is -8.06. The van der Waals surface area contributed by atoms with E-state index in [2.05, 4.69) is 63.4 Å². The minimum absolute atomic E-state index is 0. The van der Waals surface area contributed by atoms with Gasteiger partial charge in [-0.3, -0.25) is 43.3 Å². The van der Waals surface area contributed by atoms with Gasteiger partial charge in [-0.25, -0.2) is 60.7 Å². The Bertz CT molecular complexity index is 4680. The number of carboxylic acids is 2. The minimum atomic E-state index is -5.16. The summed E-state index contributed by atoms with van der Waals surface area (Å²) in [6.07, 6.45) is -0.285. The third-order valence-corrected chi connectivity index (χ3v) is 21.4. The maximum atomic E-state index is 13.8. The quantitative estimate of drug-likeness (QED) is 0.0205. The van der Waals surface area contributed by atoms with Crippen molar-refractivity contribution >= 4 is 120 Å². The molecule has 47 heteroatoms. The van der Waals surface area contributed by atoms with Crippen molar-refractivity contribution in [2.24, 2.45) is 11.8 Å². The Kier molecular flexibility index (Phi) is 30.3. The molecule has 7 amide bonds. The van der Waals surface area contributed by atoms with Crippen LogP contribution in [0.2, 0.25) is 15.7 Å². The molecule has 3 saturated heterocycles. The number of benzene rings is 1. The molecule has 38 nitrogen and oxygen atoms in total. The van der Waals surface area contributed by atoms with Crippen LogP contribution in [0.3, 0.4) is 0 Å². The maximum Gasteiger partial charge on any atom is 1.00 e. The van der Waals surface area contributed by atoms with Gasteiger partial charge in [0.05, 0.1) is 36.2 Å². The largest absolute Gasteiger partial charge is 1.00 e. The van der Waals surface area contributed by atoms with Crippen molar-refractivity contribution in [2.75, 3.05) is 19.6 Å². The molecule has 1 aromatic carbocycles. The number of hydrogen-bond donors (Lipinski definition) is 7. The van der Waals surface area contributed by atoms with Gasteiger partial charge in [-0.2, -0.15) is 23.1 Å². The van der Waals surface area contributed by atoms with E-state index in [4.69, 9.17) is 68.4 Å². The fourth-order valence-corrected chi connectivity index (χ4v) is 14.5. The van der Waals surface area contributed by atoms with Crippen LogP contribution in [0.1, 0.15) is 122 Å². The van der Waals surface area contributed by atoms with Crippen molar-refractivity contribution in [3.8, 4) is 17.8 Å². The molecule has 12 rings (SSSR count). The second-order valence-corrected chi connectivity index (χ2v) is 34.8. The van der Waals surface area contributed by atoms with Crippen LogP contribution in [0.15, 0.2) is 86.4 Å². The number of rotatable bonds is 19. The molecule has 7 aliphatic rings. The SMILES string of the molecule is C=CC1CC1(NC(=O)C(F)(F)F)C(=O)NS(=O)(=O)C1CC1.C=CC1CC1(NC(=O)[C@@H]1C[C@@H](Oc2ccnc(On3nnc4ccccc43)n2)CN1C(=O)OC(C)(C)C)C(=O)NS(=O)(=O)C1CC1.CC(C)(C)OC(=O)N1C[C@H](O)C[C@H]1C(=O)O.CC(C)(C)OC(=O)N1C[C@H](Oc2ccnc(Cl)n2)C[C@H]1C(=O)O.Clc1ccnc(Cl)n1.[H-].[Na+]. The Hall–Kier alpha value is -9.11. The van der Waals surface area contributed by atoms with E-state index in [1.165, 1.54) is 52.6 Å². The number of halogens is 6. The molecule has 115 heavy (non-hydrogen) atoms. The van der Waals surface area contributed by atoms with Gasteiger partial charge in [-0.05, 0) is 147 Å². The molecule has 0 radical (unpaired) electrons. The van der Waals surface area contributed by atoms with Crippen molar-refractivity contribution < 1.29 is 148 Å². The van der Waals surface area contributed by atoms with Crippen LogP contribution in [-0.2, 0) is 63.0 Å². The summed E-state index contributed by atoms with van der Waals surface area (Å²) < 4.78 is 117. The van der Waals surface area contributed by atoms with Crippen LogP contribution >= 0.6 is 34.8 Å². The van der Waals surface area contributed by atoms with E-state index in [1.54, 1.807) is 96.6 Å². The van der Waals surface area contributed by atoms with Gasteiger partial charge in [0.15, 0.2) is 0 Å². The number of likely N-dealkylation sites (tertiary alicyclic amines) is 3. The van der Waals surface area contributed by atoms with E-state index in [1.807, 2.05) is 6.07 Å². The van der Waals surface area contributed by atoms with Crippen molar-refractivity contribution in [2.45, 2.75) is 201 Å². The fourth-order valence-electron chi connectivity index (χ4n) is 11.3. The molecule has 0 spiro atoms. The number of carbonyl (C=O) groups is 9. The predicted molar refractivity (Wildman–Crippen MR) is 395 cm³/mol. The number of aliphatic carboxylic acids is 2. The van der Waals surface area contributed by atoms with Crippen molar-refractivity contribution in [3.05, 3.63) is 102 Å². The molecule has 7 N–H and O–H groups in total. The topological polar surface area (TPSA) is 504 Å². The van der Waals surface area contributed by atoms with Gasteiger partial charge in [0.25, 0.3) is 11.8 Å². The molecule has 4 aromatic heterocycles. The maximum absolute atomic E-state index is 13.8. The van der Waals surface area contributed by atoms with E-state index >= 15 is 0 Å². The van der Waals surface area contributed by atoms with Crippen LogP contribution in [0, 0.1) is 11.8 Å². The Balaban J connectivity index is 0.000000251.